The van der Waals surface area contributed by atoms with Gasteiger partial charge < -0.3 is 9.80 Å². The Balaban J connectivity index is 2.24. The maximum Gasteiger partial charge on any atom is 0.266 e. The highest BCUT2D eigenvalue weighted by Gasteiger charge is 2.17. The van der Waals surface area contributed by atoms with E-state index in [9.17, 15) is 4.79 Å². The van der Waals surface area contributed by atoms with Crippen LogP contribution in [0.4, 0.5) is 5.95 Å². The van der Waals surface area contributed by atoms with Crippen LogP contribution in [0.15, 0.2) is 9.27 Å². The van der Waals surface area contributed by atoms with E-state index >= 15 is 0 Å². The monoisotopic (exact) mass is 286 g/mol. The summed E-state index contributed by atoms with van der Waals surface area (Å²) in [7, 11) is 2.10. The molecule has 2 rings (SSSR count). The van der Waals surface area contributed by atoms with Crippen molar-refractivity contribution >= 4 is 21.9 Å². The summed E-state index contributed by atoms with van der Waals surface area (Å²) in [5.74, 6) is 0.679. The molecule has 88 valence electrons. The number of hydrogen-bond acceptors (Lipinski definition) is 4. The first-order valence-corrected chi connectivity index (χ1v) is 6.07. The smallest absolute Gasteiger partial charge is 0.266 e. The van der Waals surface area contributed by atoms with Crippen molar-refractivity contribution in [3.8, 4) is 0 Å². The summed E-state index contributed by atoms with van der Waals surface area (Å²) in [5, 5.41) is 0. The third-order valence-electron chi connectivity index (χ3n) is 2.82. The Labute approximate surface area is 103 Å². The van der Waals surface area contributed by atoms with Gasteiger partial charge in [0.2, 0.25) is 5.95 Å². The quantitative estimate of drug-likeness (QED) is 0.821. The first kappa shape index (κ1) is 11.6. The highest BCUT2D eigenvalue weighted by Crippen LogP contribution is 2.13. The second-order valence-corrected chi connectivity index (χ2v) is 4.87. The summed E-state index contributed by atoms with van der Waals surface area (Å²) in [6, 6.07) is 0. The van der Waals surface area contributed by atoms with E-state index in [0.29, 0.717) is 10.4 Å². The predicted octanol–water partition coefficient (Wildman–Crippen LogP) is 0.593. The molecule has 1 N–H and O–H groups in total. The lowest BCUT2D eigenvalue weighted by molar-refractivity contribution is 0.311. The maximum absolute atomic E-state index is 11.6. The fourth-order valence-corrected chi connectivity index (χ4v) is 1.91. The van der Waals surface area contributed by atoms with Gasteiger partial charge in [-0.2, -0.15) is 0 Å². The van der Waals surface area contributed by atoms with Gasteiger partial charge >= 0.3 is 0 Å². The highest BCUT2D eigenvalue weighted by molar-refractivity contribution is 9.10. The molecule has 1 aliphatic heterocycles. The van der Waals surface area contributed by atoms with Crippen LogP contribution in [-0.4, -0.2) is 48.1 Å². The minimum Gasteiger partial charge on any atom is -0.340 e. The fourth-order valence-electron chi connectivity index (χ4n) is 1.72. The van der Waals surface area contributed by atoms with Gasteiger partial charge in [-0.1, -0.05) is 0 Å². The standard InChI is InChI=1S/C10H15BrN4O/c1-7-8(11)9(16)13-10(12-7)15-5-3-14(2)4-6-15/h3-6H2,1-2H3,(H,12,13,16). The van der Waals surface area contributed by atoms with Gasteiger partial charge in [-0.05, 0) is 29.9 Å². The van der Waals surface area contributed by atoms with Gasteiger partial charge in [0.05, 0.1) is 5.69 Å². The SMILES string of the molecule is Cc1nc(N2CCN(C)CC2)[nH]c(=O)c1Br. The number of H-pyrrole nitrogens is 1. The molecule has 0 radical (unpaired) electrons. The largest absolute Gasteiger partial charge is 0.340 e. The molecule has 0 aromatic carbocycles. The molecule has 5 nitrogen and oxygen atoms in total. The number of nitrogens with one attached hydrogen (secondary N) is 1. The van der Waals surface area contributed by atoms with Gasteiger partial charge in [-0.25, -0.2) is 4.98 Å². The van der Waals surface area contributed by atoms with E-state index in [1.807, 2.05) is 6.92 Å². The van der Waals surface area contributed by atoms with E-state index in [4.69, 9.17) is 0 Å². The van der Waals surface area contributed by atoms with Crippen LogP contribution in [-0.2, 0) is 0 Å². The number of hydrogen-bond donors (Lipinski definition) is 1. The minimum absolute atomic E-state index is 0.110. The van der Waals surface area contributed by atoms with Crippen LogP contribution in [0.25, 0.3) is 0 Å². The molecular weight excluding hydrogens is 272 g/mol. The summed E-state index contributed by atoms with van der Waals surface area (Å²) in [5.41, 5.74) is 0.624. The molecule has 0 atom stereocenters. The van der Waals surface area contributed by atoms with Crippen LogP contribution in [0.2, 0.25) is 0 Å². The van der Waals surface area contributed by atoms with Gasteiger partial charge in [0.15, 0.2) is 0 Å². The van der Waals surface area contributed by atoms with Crippen molar-refractivity contribution in [2.45, 2.75) is 6.92 Å². The molecule has 2 heterocycles. The van der Waals surface area contributed by atoms with Crippen LogP contribution < -0.4 is 10.5 Å². The number of halogens is 1. The molecule has 0 spiro atoms. The molecule has 1 aromatic rings. The summed E-state index contributed by atoms with van der Waals surface area (Å²) < 4.78 is 0.519. The Morgan fingerprint density at radius 2 is 1.94 bits per heavy atom. The van der Waals surface area contributed by atoms with Gasteiger partial charge in [0.25, 0.3) is 5.56 Å². The molecule has 0 amide bonds. The van der Waals surface area contributed by atoms with Crippen LogP contribution in [0, 0.1) is 6.92 Å². The summed E-state index contributed by atoms with van der Waals surface area (Å²) in [6.45, 7) is 5.64. The first-order valence-electron chi connectivity index (χ1n) is 5.28. The van der Waals surface area contributed by atoms with Crippen LogP contribution in [0.5, 0.6) is 0 Å². The van der Waals surface area contributed by atoms with Gasteiger partial charge in [-0.15, -0.1) is 0 Å². The molecule has 16 heavy (non-hydrogen) atoms. The molecule has 0 bridgehead atoms. The third-order valence-corrected chi connectivity index (χ3v) is 3.75. The predicted molar refractivity (Wildman–Crippen MR) is 67.0 cm³/mol. The van der Waals surface area contributed by atoms with E-state index < -0.39 is 0 Å². The summed E-state index contributed by atoms with van der Waals surface area (Å²) in [6.07, 6.45) is 0. The average molecular weight is 287 g/mol. The normalized spacial score (nSPS) is 17.8. The van der Waals surface area contributed by atoms with Crippen molar-refractivity contribution in [1.82, 2.24) is 14.9 Å². The van der Waals surface area contributed by atoms with Gasteiger partial charge in [0, 0.05) is 26.2 Å². The van der Waals surface area contributed by atoms with Crippen LogP contribution >= 0.6 is 15.9 Å². The molecular formula is C10H15BrN4O. The Kier molecular flexibility index (Phi) is 3.30. The van der Waals surface area contributed by atoms with Crippen molar-refractivity contribution < 1.29 is 0 Å². The molecule has 1 aromatic heterocycles. The number of aromatic amines is 1. The van der Waals surface area contributed by atoms with E-state index in [1.165, 1.54) is 0 Å². The zero-order valence-electron chi connectivity index (χ0n) is 9.46. The van der Waals surface area contributed by atoms with Crippen LogP contribution in [0.1, 0.15) is 5.69 Å². The number of rotatable bonds is 1. The van der Waals surface area contributed by atoms with E-state index in [0.717, 1.165) is 31.9 Å². The number of likely N-dealkylation sites (N-methyl/N-ethyl adjacent to an activating group) is 1. The van der Waals surface area contributed by atoms with Gasteiger partial charge in [-0.3, -0.25) is 9.78 Å². The van der Waals surface area contributed by atoms with E-state index in [2.05, 4.69) is 42.7 Å². The molecule has 1 fully saturated rings. The Bertz CT molecular complexity index is 437. The van der Waals surface area contributed by atoms with Crippen molar-refractivity contribution in [3.63, 3.8) is 0 Å². The molecule has 1 saturated heterocycles. The molecule has 0 aliphatic carbocycles. The zero-order valence-corrected chi connectivity index (χ0v) is 11.0. The van der Waals surface area contributed by atoms with Crippen molar-refractivity contribution in [2.24, 2.45) is 0 Å². The topological polar surface area (TPSA) is 52.2 Å². The van der Waals surface area contributed by atoms with Gasteiger partial charge in [0.1, 0.15) is 4.47 Å². The third kappa shape index (κ3) is 2.27. The summed E-state index contributed by atoms with van der Waals surface area (Å²) >= 11 is 3.21. The van der Waals surface area contributed by atoms with Crippen LogP contribution in [0.3, 0.4) is 0 Å². The number of aromatic nitrogens is 2. The van der Waals surface area contributed by atoms with E-state index in [-0.39, 0.29) is 5.56 Å². The number of aryl methyl sites for hydroxylation is 1. The molecule has 0 saturated carbocycles. The lowest BCUT2D eigenvalue weighted by Crippen LogP contribution is -2.45. The van der Waals surface area contributed by atoms with Crippen molar-refractivity contribution in [2.75, 3.05) is 38.1 Å². The molecule has 1 aliphatic rings. The summed E-state index contributed by atoms with van der Waals surface area (Å²) in [4.78, 5) is 23.1. The van der Waals surface area contributed by atoms with Crippen molar-refractivity contribution in [1.29, 1.82) is 0 Å². The average Bonchev–Trinajstić information content (AvgIpc) is 2.26. The fraction of sp³-hybridized carbons (Fsp3) is 0.600. The number of nitrogens with zero attached hydrogens (tertiary/aromatic N) is 3. The first-order chi connectivity index (χ1) is 7.58. The number of anilines is 1. The lowest BCUT2D eigenvalue weighted by Gasteiger charge is -2.32. The second-order valence-electron chi connectivity index (χ2n) is 4.08. The Hall–Kier alpha value is -0.880. The zero-order chi connectivity index (χ0) is 11.7. The highest BCUT2D eigenvalue weighted by atomic mass is 79.9. The molecule has 6 heteroatoms. The lowest BCUT2D eigenvalue weighted by atomic mass is 10.3. The minimum atomic E-state index is -0.110. The Morgan fingerprint density at radius 3 is 2.50 bits per heavy atom. The van der Waals surface area contributed by atoms with Crippen molar-refractivity contribution in [3.05, 3.63) is 20.5 Å². The maximum atomic E-state index is 11.6. The van der Waals surface area contributed by atoms with E-state index in [1.54, 1.807) is 0 Å². The molecule has 0 unspecified atom stereocenters. The number of piperazine rings is 1. The second kappa shape index (κ2) is 4.55. The Morgan fingerprint density at radius 1 is 1.31 bits per heavy atom.